The number of hydrogen-bond acceptors (Lipinski definition) is 3. The summed E-state index contributed by atoms with van der Waals surface area (Å²) in [7, 11) is 0. The van der Waals surface area contributed by atoms with Gasteiger partial charge in [0.1, 0.15) is 0 Å². The maximum atomic E-state index is 4.37. The summed E-state index contributed by atoms with van der Waals surface area (Å²) >= 11 is 0. The van der Waals surface area contributed by atoms with Gasteiger partial charge in [0, 0.05) is 18.6 Å². The molecule has 0 unspecified atom stereocenters. The molecule has 3 heterocycles. The number of fused-ring (bicyclic) bond motifs is 3. The van der Waals surface area contributed by atoms with Gasteiger partial charge in [0.25, 0.3) is 0 Å². The molecule has 0 aliphatic heterocycles. The summed E-state index contributed by atoms with van der Waals surface area (Å²) in [6.45, 7) is 0. The summed E-state index contributed by atoms with van der Waals surface area (Å²) < 4.78 is 0. The van der Waals surface area contributed by atoms with Crippen molar-refractivity contribution in [2.75, 3.05) is 0 Å². The Morgan fingerprint density at radius 2 is 0.653 bits per heavy atom. The minimum Gasteiger partial charge on any atom is -0.305 e. The van der Waals surface area contributed by atoms with Crippen LogP contribution in [0.25, 0.3) is 33.8 Å². The molecule has 0 saturated heterocycles. The van der Waals surface area contributed by atoms with Gasteiger partial charge in [0.05, 0.1) is 0 Å². The number of nitrogens with zero attached hydrogens (tertiary/aromatic N) is 3. The van der Waals surface area contributed by atoms with Crippen molar-refractivity contribution in [2.24, 2.45) is 0 Å². The first-order chi connectivity index (χ1) is 23.8. The summed E-state index contributed by atoms with van der Waals surface area (Å²) in [5.74, 6) is 0. The zero-order valence-corrected chi connectivity index (χ0v) is 30.4. The van der Waals surface area contributed by atoms with Crippen LogP contribution >= 0.6 is 0 Å². The molecule has 9 rings (SSSR count). The van der Waals surface area contributed by atoms with Crippen molar-refractivity contribution in [3.8, 4) is 33.8 Å². The fourth-order valence-corrected chi connectivity index (χ4v) is 7.00. The largest absolute Gasteiger partial charge is 3.00 e. The number of benzene rings is 3. The van der Waals surface area contributed by atoms with Crippen LogP contribution in [0.1, 0.15) is 71.9 Å². The number of aryl methyl sites for hydroxylation is 6. The zero-order valence-electron chi connectivity index (χ0n) is 28.1. The fraction of sp³-hybridized carbons (Fsp3) is 0.267. The van der Waals surface area contributed by atoms with Gasteiger partial charge >= 0.3 is 20.1 Å². The fourth-order valence-electron chi connectivity index (χ4n) is 7.00. The predicted molar refractivity (Wildman–Crippen MR) is 195 cm³/mol. The Morgan fingerprint density at radius 3 is 0.918 bits per heavy atom. The number of hydrogen-bond donors (Lipinski definition) is 0. The van der Waals surface area contributed by atoms with Crippen LogP contribution in [0.3, 0.4) is 0 Å². The first kappa shape index (κ1) is 34.6. The summed E-state index contributed by atoms with van der Waals surface area (Å²) in [5.41, 5.74) is 15.4. The molecule has 49 heavy (non-hydrogen) atoms. The van der Waals surface area contributed by atoms with Gasteiger partial charge in [0.2, 0.25) is 0 Å². The molecule has 0 bridgehead atoms. The second-order valence-corrected chi connectivity index (χ2v) is 13.0. The van der Waals surface area contributed by atoms with E-state index < -0.39 is 0 Å². The Labute approximate surface area is 305 Å². The van der Waals surface area contributed by atoms with E-state index in [2.05, 4.69) is 69.5 Å². The van der Waals surface area contributed by atoms with Crippen LogP contribution in [0.5, 0.6) is 0 Å². The molecule has 0 radical (unpaired) electrons. The van der Waals surface area contributed by atoms with E-state index in [9.17, 15) is 0 Å². The van der Waals surface area contributed by atoms with E-state index in [1.165, 1.54) is 110 Å². The van der Waals surface area contributed by atoms with Gasteiger partial charge in [-0.05, 0) is 54.5 Å². The van der Waals surface area contributed by atoms with Gasteiger partial charge in [-0.2, -0.15) is 0 Å². The summed E-state index contributed by atoms with van der Waals surface area (Å²) in [4.78, 5) is 13.1. The quantitative estimate of drug-likeness (QED) is 0.167. The van der Waals surface area contributed by atoms with Crippen LogP contribution in [0.4, 0.5) is 0 Å². The standard InChI is InChI=1S/3C15H14N.Ir/c3*1-2-6-13-11-14(9-8-12(13)5-1)15-7-3-4-10-16-15;/h3*3-4,7-8,10-11H,1-2,5-6H2;/q3*-1;+3. The van der Waals surface area contributed by atoms with Crippen LogP contribution in [0.2, 0.25) is 0 Å². The number of aromatic nitrogens is 3. The van der Waals surface area contributed by atoms with Crippen molar-refractivity contribution >= 4 is 0 Å². The molecule has 3 aromatic heterocycles. The Kier molecular flexibility index (Phi) is 12.3. The minimum absolute atomic E-state index is 0. The van der Waals surface area contributed by atoms with Gasteiger partial charge in [0.15, 0.2) is 0 Å². The minimum atomic E-state index is 0. The van der Waals surface area contributed by atoms with Crippen molar-refractivity contribution in [2.45, 2.75) is 77.0 Å². The Hall–Kier alpha value is -4.24. The van der Waals surface area contributed by atoms with Crippen LogP contribution in [0.15, 0.2) is 110 Å². The van der Waals surface area contributed by atoms with Crippen molar-refractivity contribution in [3.63, 3.8) is 0 Å². The molecule has 3 aliphatic carbocycles. The molecule has 0 fully saturated rings. The van der Waals surface area contributed by atoms with Crippen molar-refractivity contribution in [3.05, 3.63) is 161 Å². The van der Waals surface area contributed by atoms with Crippen LogP contribution in [0, 0.1) is 18.2 Å². The van der Waals surface area contributed by atoms with Crippen molar-refractivity contribution in [1.29, 1.82) is 0 Å². The van der Waals surface area contributed by atoms with E-state index in [1.54, 1.807) is 0 Å². The molecular formula is C45H42IrN3. The number of pyridine rings is 3. The molecule has 246 valence electrons. The van der Waals surface area contributed by atoms with Crippen LogP contribution < -0.4 is 0 Å². The smallest absolute Gasteiger partial charge is 0.305 e. The topological polar surface area (TPSA) is 38.7 Å². The molecule has 3 nitrogen and oxygen atoms in total. The van der Waals surface area contributed by atoms with E-state index in [4.69, 9.17) is 0 Å². The molecule has 0 saturated carbocycles. The predicted octanol–water partition coefficient (Wildman–Crippen LogP) is 10.3. The second-order valence-electron chi connectivity index (χ2n) is 13.0. The van der Waals surface area contributed by atoms with E-state index in [1.807, 2.05) is 73.2 Å². The first-order valence-electron chi connectivity index (χ1n) is 17.6. The zero-order chi connectivity index (χ0) is 32.4. The van der Waals surface area contributed by atoms with E-state index in [0.717, 1.165) is 33.8 Å². The van der Waals surface area contributed by atoms with Crippen LogP contribution in [-0.2, 0) is 58.6 Å². The van der Waals surface area contributed by atoms with Gasteiger partial charge in [-0.3, -0.25) is 0 Å². The van der Waals surface area contributed by atoms with Gasteiger partial charge < -0.3 is 15.0 Å². The Balaban J connectivity index is 0.000000126. The Bertz CT molecular complexity index is 1700. The van der Waals surface area contributed by atoms with Gasteiger partial charge in [-0.25, -0.2) is 0 Å². The van der Waals surface area contributed by atoms with E-state index in [-0.39, 0.29) is 20.1 Å². The molecule has 4 heteroatoms. The molecule has 0 N–H and O–H groups in total. The molecule has 3 aromatic carbocycles. The monoisotopic (exact) mass is 817 g/mol. The van der Waals surface area contributed by atoms with Crippen molar-refractivity contribution in [1.82, 2.24) is 15.0 Å². The van der Waals surface area contributed by atoms with Crippen LogP contribution in [-0.4, -0.2) is 15.0 Å². The summed E-state index contributed by atoms with van der Waals surface area (Å²) in [6, 6.07) is 41.3. The average Bonchev–Trinajstić information content (AvgIpc) is 3.19. The van der Waals surface area contributed by atoms with E-state index in [0.29, 0.717) is 0 Å². The van der Waals surface area contributed by atoms with Gasteiger partial charge in [-0.1, -0.05) is 94.2 Å². The number of rotatable bonds is 3. The summed E-state index contributed by atoms with van der Waals surface area (Å²) in [5, 5.41) is 0. The second kappa shape index (κ2) is 17.4. The molecule has 6 aromatic rings. The maximum Gasteiger partial charge on any atom is 3.00 e. The normalized spacial score (nSPS) is 14.2. The van der Waals surface area contributed by atoms with E-state index >= 15 is 0 Å². The molecule has 0 amide bonds. The maximum absolute atomic E-state index is 4.37. The third-order valence-electron chi connectivity index (χ3n) is 9.65. The molecule has 0 atom stereocenters. The third kappa shape index (κ3) is 9.06. The first-order valence-corrected chi connectivity index (χ1v) is 17.6. The molecule has 0 spiro atoms. The molecule has 3 aliphatic rings. The summed E-state index contributed by atoms with van der Waals surface area (Å²) in [6.07, 6.45) is 20.7. The SMILES string of the molecule is [Ir+3].[c-]1cc2c(cc1-c1ccccn1)CCCC2.[c-]1cc2c(cc1-c1ccccn1)CCCC2.[c-]1cc2c(cc1-c1ccccn1)CCCC2. The Morgan fingerprint density at radius 1 is 0.367 bits per heavy atom. The average molecular weight is 817 g/mol. The van der Waals surface area contributed by atoms with Crippen molar-refractivity contribution < 1.29 is 20.1 Å². The third-order valence-corrected chi connectivity index (χ3v) is 9.65. The molecular weight excluding hydrogens is 775 g/mol. The van der Waals surface area contributed by atoms with Gasteiger partial charge in [-0.15, -0.1) is 105 Å².